The summed E-state index contributed by atoms with van der Waals surface area (Å²) in [4.78, 5) is 31.2. The van der Waals surface area contributed by atoms with Crippen LogP contribution in [0.2, 0.25) is 0 Å². The molecular weight excluding hydrogens is 516 g/mol. The molecule has 0 aliphatic carbocycles. The van der Waals surface area contributed by atoms with E-state index in [0.29, 0.717) is 18.8 Å². The number of hydrogen-bond acceptors (Lipinski definition) is 4. The molecule has 5 rings (SSSR count). The van der Waals surface area contributed by atoms with Crippen LogP contribution in [0, 0.1) is 0 Å². The fraction of sp³-hybridized carbons (Fsp3) is 0.273. The molecule has 4 aromatic rings. The lowest BCUT2D eigenvalue weighted by Crippen LogP contribution is -2.48. The fourth-order valence-electron chi connectivity index (χ4n) is 5.21. The van der Waals surface area contributed by atoms with E-state index in [9.17, 15) is 9.59 Å². The maximum atomic E-state index is 14.3. The van der Waals surface area contributed by atoms with Crippen molar-refractivity contribution in [2.75, 3.05) is 37.0 Å². The standard InChI is InChI=1S/C33H36N4O4/c1-4-6-21-35(33(39)34-25-15-19-27(20-16-25)41-5-2)23-31(38)37-29-11-8-7-10-28(29)36-22-9-12-30(36)32(37)24-13-17-26(40-3)18-14-24/h7-20,22,32H,4-6,21,23H2,1-3H3,(H,34,39). The van der Waals surface area contributed by atoms with Gasteiger partial charge < -0.3 is 24.3 Å². The van der Waals surface area contributed by atoms with Gasteiger partial charge in [-0.2, -0.15) is 0 Å². The van der Waals surface area contributed by atoms with Gasteiger partial charge in [0.2, 0.25) is 5.91 Å². The van der Waals surface area contributed by atoms with Gasteiger partial charge in [-0.3, -0.25) is 9.69 Å². The molecule has 212 valence electrons. The smallest absolute Gasteiger partial charge is 0.322 e. The zero-order valence-corrected chi connectivity index (χ0v) is 23.7. The molecule has 0 saturated carbocycles. The second-order valence-electron chi connectivity index (χ2n) is 9.89. The van der Waals surface area contributed by atoms with Crippen LogP contribution in [0.5, 0.6) is 11.5 Å². The molecule has 2 heterocycles. The Bertz CT molecular complexity index is 1480. The number of aromatic nitrogens is 1. The van der Waals surface area contributed by atoms with Gasteiger partial charge in [0.05, 0.1) is 30.8 Å². The minimum Gasteiger partial charge on any atom is -0.497 e. The number of anilines is 2. The molecule has 1 atom stereocenters. The molecule has 3 aromatic carbocycles. The largest absolute Gasteiger partial charge is 0.497 e. The highest BCUT2D eigenvalue weighted by molar-refractivity contribution is 6.01. The van der Waals surface area contributed by atoms with Gasteiger partial charge in [-0.25, -0.2) is 4.79 Å². The highest BCUT2D eigenvalue weighted by Gasteiger charge is 2.37. The lowest BCUT2D eigenvalue weighted by molar-refractivity contribution is -0.119. The van der Waals surface area contributed by atoms with Crippen molar-refractivity contribution in [3.05, 3.63) is 102 Å². The highest BCUT2D eigenvalue weighted by atomic mass is 16.5. The number of hydrogen-bond donors (Lipinski definition) is 1. The van der Waals surface area contributed by atoms with Crippen LogP contribution in [0.25, 0.3) is 5.69 Å². The van der Waals surface area contributed by atoms with Crippen molar-refractivity contribution < 1.29 is 19.1 Å². The average molecular weight is 553 g/mol. The molecule has 1 N–H and O–H groups in total. The molecule has 0 bridgehead atoms. The highest BCUT2D eigenvalue weighted by Crippen LogP contribution is 2.42. The van der Waals surface area contributed by atoms with E-state index in [1.807, 2.05) is 90.8 Å². The number of nitrogens with zero attached hydrogens (tertiary/aromatic N) is 3. The molecule has 0 saturated heterocycles. The molecule has 0 spiro atoms. The molecule has 0 fully saturated rings. The first kappa shape index (κ1) is 27.8. The summed E-state index contributed by atoms with van der Waals surface area (Å²) < 4.78 is 13.0. The van der Waals surface area contributed by atoms with E-state index in [-0.39, 0.29) is 24.5 Å². The first-order valence-electron chi connectivity index (χ1n) is 14.1. The minimum atomic E-state index is -0.375. The van der Waals surface area contributed by atoms with Crippen molar-refractivity contribution in [2.45, 2.75) is 32.7 Å². The van der Waals surface area contributed by atoms with Crippen molar-refractivity contribution in [1.82, 2.24) is 9.47 Å². The monoisotopic (exact) mass is 552 g/mol. The van der Waals surface area contributed by atoms with Crippen LogP contribution in [-0.4, -0.2) is 48.2 Å². The SMILES string of the molecule is CCCCN(CC(=O)N1c2ccccc2-n2cccc2C1c1ccc(OC)cc1)C(=O)Nc1ccc(OCC)cc1. The Morgan fingerprint density at radius 1 is 0.878 bits per heavy atom. The number of carbonyl (C=O) groups is 2. The first-order valence-corrected chi connectivity index (χ1v) is 14.1. The Morgan fingerprint density at radius 3 is 2.27 bits per heavy atom. The van der Waals surface area contributed by atoms with Crippen molar-refractivity contribution in [1.29, 1.82) is 0 Å². The van der Waals surface area contributed by atoms with Crippen LogP contribution in [0.3, 0.4) is 0 Å². The van der Waals surface area contributed by atoms with Gasteiger partial charge in [-0.1, -0.05) is 37.6 Å². The Morgan fingerprint density at radius 2 is 1.59 bits per heavy atom. The van der Waals surface area contributed by atoms with E-state index in [1.165, 1.54) is 0 Å². The molecule has 41 heavy (non-hydrogen) atoms. The number of benzene rings is 3. The summed E-state index contributed by atoms with van der Waals surface area (Å²) >= 11 is 0. The quantitative estimate of drug-likeness (QED) is 0.239. The molecule has 8 nitrogen and oxygen atoms in total. The maximum absolute atomic E-state index is 14.3. The third-order valence-corrected chi connectivity index (χ3v) is 7.23. The number of para-hydroxylation sites is 2. The number of unbranched alkanes of at least 4 members (excludes halogenated alkanes) is 1. The predicted molar refractivity (Wildman–Crippen MR) is 161 cm³/mol. The summed E-state index contributed by atoms with van der Waals surface area (Å²) in [5.74, 6) is 1.32. The maximum Gasteiger partial charge on any atom is 0.322 e. The van der Waals surface area contributed by atoms with Gasteiger partial charge in [-0.05, 0) is 79.6 Å². The molecule has 1 aromatic heterocycles. The molecule has 1 unspecified atom stereocenters. The van der Waals surface area contributed by atoms with Crippen LogP contribution >= 0.6 is 0 Å². The summed E-state index contributed by atoms with van der Waals surface area (Å²) in [6, 6.07) is 26.3. The lowest BCUT2D eigenvalue weighted by atomic mass is 9.97. The number of carbonyl (C=O) groups excluding carboxylic acids is 2. The average Bonchev–Trinajstić information content (AvgIpc) is 3.50. The number of amides is 3. The van der Waals surface area contributed by atoms with Crippen LogP contribution in [-0.2, 0) is 4.79 Å². The van der Waals surface area contributed by atoms with Crippen LogP contribution in [0.1, 0.15) is 44.0 Å². The zero-order chi connectivity index (χ0) is 28.8. The second-order valence-corrected chi connectivity index (χ2v) is 9.89. The third-order valence-electron chi connectivity index (χ3n) is 7.23. The number of rotatable bonds is 10. The predicted octanol–water partition coefficient (Wildman–Crippen LogP) is 6.65. The topological polar surface area (TPSA) is 76.0 Å². The number of urea groups is 1. The van der Waals surface area contributed by atoms with Crippen molar-refractivity contribution >= 4 is 23.3 Å². The van der Waals surface area contributed by atoms with E-state index >= 15 is 0 Å². The van der Waals surface area contributed by atoms with Gasteiger partial charge in [0.15, 0.2) is 0 Å². The third kappa shape index (κ3) is 5.91. The fourth-order valence-corrected chi connectivity index (χ4v) is 5.21. The van der Waals surface area contributed by atoms with Crippen LogP contribution in [0.15, 0.2) is 91.1 Å². The summed E-state index contributed by atoms with van der Waals surface area (Å²) in [7, 11) is 1.64. The minimum absolute atomic E-state index is 0.0649. The Kier molecular flexibility index (Phi) is 8.58. The van der Waals surface area contributed by atoms with Gasteiger partial charge in [0.1, 0.15) is 24.1 Å². The van der Waals surface area contributed by atoms with Crippen LogP contribution < -0.4 is 19.7 Å². The lowest BCUT2D eigenvalue weighted by Gasteiger charge is -2.39. The van der Waals surface area contributed by atoms with Crippen molar-refractivity contribution in [2.24, 2.45) is 0 Å². The number of nitrogens with one attached hydrogen (secondary N) is 1. The Balaban J connectivity index is 1.46. The Hall–Kier alpha value is -4.72. The van der Waals surface area contributed by atoms with Gasteiger partial charge >= 0.3 is 6.03 Å². The normalized spacial score (nSPS) is 13.6. The molecule has 3 amide bonds. The molecule has 0 radical (unpaired) electrons. The van der Waals surface area contributed by atoms with Gasteiger partial charge in [-0.15, -0.1) is 0 Å². The van der Waals surface area contributed by atoms with Crippen LogP contribution in [0.4, 0.5) is 16.2 Å². The number of ether oxygens (including phenoxy) is 2. The zero-order valence-electron chi connectivity index (χ0n) is 23.7. The van der Waals surface area contributed by atoms with Crippen molar-refractivity contribution in [3.63, 3.8) is 0 Å². The summed E-state index contributed by atoms with van der Waals surface area (Å²) in [5.41, 5.74) is 4.28. The number of methoxy groups -OCH3 is 1. The van der Waals surface area contributed by atoms with E-state index in [4.69, 9.17) is 9.47 Å². The van der Waals surface area contributed by atoms with Crippen molar-refractivity contribution in [3.8, 4) is 17.2 Å². The number of fused-ring (bicyclic) bond motifs is 3. The molecule has 8 heteroatoms. The van der Waals surface area contributed by atoms with E-state index < -0.39 is 0 Å². The van der Waals surface area contributed by atoms with E-state index in [0.717, 1.165) is 47.0 Å². The summed E-state index contributed by atoms with van der Waals surface area (Å²) in [6.07, 6.45) is 3.70. The second kappa shape index (κ2) is 12.6. The molecule has 1 aliphatic heterocycles. The first-order chi connectivity index (χ1) is 20.0. The van der Waals surface area contributed by atoms with Gasteiger partial charge in [0, 0.05) is 18.4 Å². The Labute approximate surface area is 241 Å². The van der Waals surface area contributed by atoms with E-state index in [2.05, 4.69) is 16.8 Å². The molecular formula is C33H36N4O4. The van der Waals surface area contributed by atoms with E-state index in [1.54, 1.807) is 24.1 Å². The summed E-state index contributed by atoms with van der Waals surface area (Å²) in [5, 5.41) is 2.96. The molecule has 1 aliphatic rings. The van der Waals surface area contributed by atoms with Gasteiger partial charge in [0.25, 0.3) is 0 Å². The summed E-state index contributed by atoms with van der Waals surface area (Å²) in [6.45, 7) is 4.96.